The summed E-state index contributed by atoms with van der Waals surface area (Å²) in [4.78, 5) is 20.9. The maximum Gasteiger partial charge on any atom is 0.286 e. The highest BCUT2D eigenvalue weighted by Gasteiger charge is 2.17. The Morgan fingerprint density at radius 2 is 2.13 bits per heavy atom. The first-order valence-corrected chi connectivity index (χ1v) is 6.67. The lowest BCUT2D eigenvalue weighted by Crippen LogP contribution is -2.11. The summed E-state index contributed by atoms with van der Waals surface area (Å²) in [5.74, 6) is 0.603. The minimum atomic E-state index is -0.598. The third-order valence-electron chi connectivity index (χ3n) is 3.03. The zero-order valence-corrected chi connectivity index (χ0v) is 12.7. The van der Waals surface area contributed by atoms with Crippen LogP contribution in [0.25, 0.3) is 11.0 Å². The van der Waals surface area contributed by atoms with E-state index in [9.17, 15) is 9.59 Å². The number of carbonyl (C=O) groups excluding carboxylic acids is 2. The van der Waals surface area contributed by atoms with Gasteiger partial charge in [-0.3, -0.25) is 9.59 Å². The molecule has 3 N–H and O–H groups in total. The van der Waals surface area contributed by atoms with Crippen LogP contribution >= 0.6 is 0 Å². The third kappa shape index (κ3) is 3.52. The molecule has 23 heavy (non-hydrogen) atoms. The van der Waals surface area contributed by atoms with Crippen molar-refractivity contribution in [1.29, 1.82) is 0 Å². The van der Waals surface area contributed by atoms with Crippen LogP contribution in [0.2, 0.25) is 0 Å². The van der Waals surface area contributed by atoms with Gasteiger partial charge >= 0.3 is 0 Å². The van der Waals surface area contributed by atoms with Gasteiger partial charge in [-0.1, -0.05) is 0 Å². The third-order valence-corrected chi connectivity index (χ3v) is 3.03. The molecule has 1 aromatic carbocycles. The Morgan fingerprint density at radius 1 is 1.35 bits per heavy atom. The molecule has 0 unspecified atom stereocenters. The van der Waals surface area contributed by atoms with E-state index in [1.807, 2.05) is 0 Å². The summed E-state index contributed by atoms with van der Waals surface area (Å²) in [6.07, 6.45) is 2.13. The number of ether oxygens (including phenoxy) is 1. The summed E-state index contributed by atoms with van der Waals surface area (Å²) >= 11 is 0. The smallest absolute Gasteiger partial charge is 0.286 e. The lowest BCUT2D eigenvalue weighted by molar-refractivity contribution is 0.0976. The zero-order valence-electron chi connectivity index (χ0n) is 12.7. The first-order chi connectivity index (χ1) is 11.1. The first-order valence-electron chi connectivity index (χ1n) is 6.67. The van der Waals surface area contributed by atoms with E-state index in [2.05, 4.69) is 9.73 Å². The number of anilines is 1. The number of hydrogen-bond acceptors (Lipinski definition) is 6. The summed E-state index contributed by atoms with van der Waals surface area (Å²) in [5.41, 5.74) is 6.40. The molecule has 0 aliphatic carbocycles. The Labute approximate surface area is 132 Å². The normalized spacial score (nSPS) is 9.83. The number of furan rings is 2. The largest absolute Gasteiger partial charge is 0.497 e. The van der Waals surface area contributed by atoms with Crippen LogP contribution in [0.3, 0.4) is 0 Å². The standard InChI is InChI=1S/C11H12N2O3.C5H4O2/c1-13-9-7-5-6(15-2)3-4-8(7)16-10(9)11(12)14;6-4-5-2-1-3-7-5/h3-5,13H,1-2H3,(H2,12,14);1-4H. The second-order valence-electron chi connectivity index (χ2n) is 4.42. The van der Waals surface area contributed by atoms with Gasteiger partial charge in [0.25, 0.3) is 5.91 Å². The van der Waals surface area contributed by atoms with E-state index in [1.165, 1.54) is 6.26 Å². The van der Waals surface area contributed by atoms with Gasteiger partial charge in [0.15, 0.2) is 12.0 Å². The highest BCUT2D eigenvalue weighted by Crippen LogP contribution is 2.32. The van der Waals surface area contributed by atoms with Gasteiger partial charge in [0.2, 0.25) is 5.76 Å². The second-order valence-corrected chi connectivity index (χ2v) is 4.42. The van der Waals surface area contributed by atoms with Gasteiger partial charge < -0.3 is 24.6 Å². The van der Waals surface area contributed by atoms with Crippen LogP contribution in [-0.4, -0.2) is 26.4 Å². The van der Waals surface area contributed by atoms with Gasteiger partial charge in [0.1, 0.15) is 11.3 Å². The molecule has 2 heterocycles. The molecule has 7 nitrogen and oxygen atoms in total. The quantitative estimate of drug-likeness (QED) is 0.716. The Morgan fingerprint density at radius 3 is 2.61 bits per heavy atom. The fourth-order valence-corrected chi connectivity index (χ4v) is 1.98. The Hall–Kier alpha value is -3.22. The van der Waals surface area contributed by atoms with Crippen LogP contribution < -0.4 is 15.8 Å². The van der Waals surface area contributed by atoms with Gasteiger partial charge in [0.05, 0.1) is 19.1 Å². The van der Waals surface area contributed by atoms with E-state index in [0.29, 0.717) is 29.1 Å². The fraction of sp³-hybridized carbons (Fsp3) is 0.125. The van der Waals surface area contributed by atoms with Gasteiger partial charge in [-0.2, -0.15) is 0 Å². The first kappa shape index (κ1) is 16.2. The number of aldehydes is 1. The van der Waals surface area contributed by atoms with Crippen molar-refractivity contribution >= 4 is 28.8 Å². The van der Waals surface area contributed by atoms with E-state index < -0.39 is 5.91 Å². The highest BCUT2D eigenvalue weighted by atomic mass is 16.5. The van der Waals surface area contributed by atoms with E-state index in [4.69, 9.17) is 14.9 Å². The van der Waals surface area contributed by atoms with Crippen molar-refractivity contribution < 1.29 is 23.2 Å². The van der Waals surface area contributed by atoms with Crippen LogP contribution in [-0.2, 0) is 0 Å². The number of methoxy groups -OCH3 is 1. The number of fused-ring (bicyclic) bond motifs is 1. The molecule has 0 saturated heterocycles. The fourth-order valence-electron chi connectivity index (χ4n) is 1.98. The number of hydrogen-bond donors (Lipinski definition) is 2. The van der Waals surface area contributed by atoms with Gasteiger partial charge in [-0.25, -0.2) is 0 Å². The number of nitrogens with two attached hydrogens (primary N) is 1. The van der Waals surface area contributed by atoms with E-state index in [1.54, 1.807) is 44.5 Å². The topological polar surface area (TPSA) is 108 Å². The molecule has 7 heteroatoms. The van der Waals surface area contributed by atoms with Gasteiger partial charge in [-0.15, -0.1) is 0 Å². The molecule has 0 fully saturated rings. The van der Waals surface area contributed by atoms with Gasteiger partial charge in [-0.05, 0) is 30.3 Å². The second kappa shape index (κ2) is 7.17. The predicted molar refractivity (Wildman–Crippen MR) is 84.9 cm³/mol. The molecular formula is C16H16N2O5. The summed E-state index contributed by atoms with van der Waals surface area (Å²) < 4.78 is 15.1. The molecule has 3 aromatic rings. The van der Waals surface area contributed by atoms with Crippen molar-refractivity contribution in [2.75, 3.05) is 19.5 Å². The number of nitrogens with one attached hydrogen (secondary N) is 1. The average molecular weight is 316 g/mol. The summed E-state index contributed by atoms with van der Waals surface area (Å²) in [5, 5.41) is 3.67. The van der Waals surface area contributed by atoms with Crippen LogP contribution in [0.1, 0.15) is 21.1 Å². The molecule has 120 valence electrons. The van der Waals surface area contributed by atoms with Crippen LogP contribution in [0.15, 0.2) is 45.4 Å². The Kier molecular flexibility index (Phi) is 5.03. The molecule has 0 saturated carbocycles. The number of primary amides is 1. The van der Waals surface area contributed by atoms with Gasteiger partial charge in [0, 0.05) is 12.4 Å². The highest BCUT2D eigenvalue weighted by molar-refractivity contribution is 6.05. The molecule has 0 atom stereocenters. The van der Waals surface area contributed by atoms with Crippen LogP contribution in [0.4, 0.5) is 5.69 Å². The van der Waals surface area contributed by atoms with Crippen LogP contribution in [0, 0.1) is 0 Å². The van der Waals surface area contributed by atoms with Crippen molar-refractivity contribution in [3.63, 3.8) is 0 Å². The Bertz CT molecular complexity index is 805. The van der Waals surface area contributed by atoms with Crippen LogP contribution in [0.5, 0.6) is 5.75 Å². The van der Waals surface area contributed by atoms with E-state index in [0.717, 1.165) is 5.39 Å². The molecule has 2 aromatic heterocycles. The molecule has 0 radical (unpaired) electrons. The maximum absolute atomic E-state index is 11.2. The summed E-state index contributed by atoms with van der Waals surface area (Å²) in [6.45, 7) is 0. The predicted octanol–water partition coefficient (Wildman–Crippen LogP) is 2.67. The molecule has 0 aliphatic rings. The zero-order chi connectivity index (χ0) is 16.8. The minimum absolute atomic E-state index is 0.130. The number of rotatable bonds is 4. The SMILES string of the molecule is CNc1c(C(N)=O)oc2ccc(OC)cc12.O=Cc1ccco1. The van der Waals surface area contributed by atoms with E-state index in [-0.39, 0.29) is 5.76 Å². The van der Waals surface area contributed by atoms with Crippen molar-refractivity contribution in [2.45, 2.75) is 0 Å². The molecule has 1 amide bonds. The molecular weight excluding hydrogens is 300 g/mol. The van der Waals surface area contributed by atoms with Crippen molar-refractivity contribution in [3.05, 3.63) is 48.1 Å². The summed E-state index contributed by atoms with van der Waals surface area (Å²) in [7, 11) is 3.28. The molecule has 3 rings (SSSR count). The number of carbonyl (C=O) groups is 2. The monoisotopic (exact) mass is 316 g/mol. The lowest BCUT2D eigenvalue weighted by atomic mass is 10.2. The lowest BCUT2D eigenvalue weighted by Gasteiger charge is -2.00. The molecule has 0 bridgehead atoms. The maximum atomic E-state index is 11.2. The number of benzene rings is 1. The van der Waals surface area contributed by atoms with Crippen molar-refractivity contribution in [3.8, 4) is 5.75 Å². The average Bonchev–Trinajstić information content (AvgIpc) is 3.21. The summed E-state index contributed by atoms with van der Waals surface area (Å²) in [6, 6.07) is 8.56. The number of amides is 1. The Balaban J connectivity index is 0.000000229. The minimum Gasteiger partial charge on any atom is -0.497 e. The van der Waals surface area contributed by atoms with E-state index >= 15 is 0 Å². The van der Waals surface area contributed by atoms with Crippen molar-refractivity contribution in [2.24, 2.45) is 5.73 Å². The molecule has 0 aliphatic heterocycles. The van der Waals surface area contributed by atoms with Crippen molar-refractivity contribution in [1.82, 2.24) is 0 Å². The molecule has 0 spiro atoms.